The van der Waals surface area contributed by atoms with Crippen molar-refractivity contribution in [1.29, 1.82) is 0 Å². The Morgan fingerprint density at radius 3 is 1.99 bits per heavy atom. The van der Waals surface area contributed by atoms with Crippen LogP contribution in [0.15, 0.2) is 110 Å². The lowest BCUT2D eigenvalue weighted by Gasteiger charge is -2.41. The van der Waals surface area contributed by atoms with Crippen molar-refractivity contribution >= 4 is 29.0 Å². The van der Waals surface area contributed by atoms with Gasteiger partial charge in [-0.1, -0.05) is 179 Å². The number of carbonyl (C=O) groups is 5. The minimum Gasteiger partial charge on any atom is -0.353 e. The van der Waals surface area contributed by atoms with Crippen LogP contribution in [0.4, 0.5) is 0 Å². The molecule has 3 unspecified atom stereocenters. The zero-order valence-corrected chi connectivity index (χ0v) is 44.2. The normalized spacial score (nSPS) is 20.2. The van der Waals surface area contributed by atoms with Crippen molar-refractivity contribution < 1.29 is 24.0 Å². The van der Waals surface area contributed by atoms with Gasteiger partial charge in [0.25, 0.3) is 0 Å². The topological polar surface area (TPSA) is 97.4 Å². The van der Waals surface area contributed by atoms with E-state index in [1.807, 2.05) is 108 Å². The summed E-state index contributed by atoms with van der Waals surface area (Å²) in [4.78, 5) is 68.7. The predicted octanol–water partition coefficient (Wildman–Crippen LogP) is 15.5. The number of Topliss-reactive ketones (excluding diaryl/α,β-unsaturated/α-hetero) is 4. The summed E-state index contributed by atoms with van der Waals surface area (Å²) in [7, 11) is 0. The molecule has 7 atom stereocenters. The molecular weight excluding hydrogens is 839 g/mol. The maximum absolute atomic E-state index is 15.5. The Balaban J connectivity index is 0.00000254. The minimum atomic E-state index is -0.498. The monoisotopic (exact) mass is 932 g/mol. The number of amides is 1. The lowest BCUT2D eigenvalue weighted by atomic mass is 9.64. The summed E-state index contributed by atoms with van der Waals surface area (Å²) in [6, 6.07) is 19.1. The molecule has 5 rings (SSSR count). The second-order valence-corrected chi connectivity index (χ2v) is 19.4. The number of rotatable bonds is 26. The van der Waals surface area contributed by atoms with Crippen molar-refractivity contribution in [2.75, 3.05) is 0 Å². The Bertz CT molecular complexity index is 1880. The molecular formula is C62H93NO5. The molecule has 0 radical (unpaired) electrons. The van der Waals surface area contributed by atoms with Crippen LogP contribution in [0, 0.1) is 40.9 Å². The number of hydrogen-bond acceptors (Lipinski definition) is 5. The molecule has 1 N–H and O–H groups in total. The molecule has 3 saturated carbocycles. The number of carbonyl (C=O) groups excluding carboxylic acids is 5. The summed E-state index contributed by atoms with van der Waals surface area (Å²) < 4.78 is 0. The summed E-state index contributed by atoms with van der Waals surface area (Å²) in [5.74, 6) is -0.321. The van der Waals surface area contributed by atoms with E-state index in [9.17, 15) is 19.2 Å². The van der Waals surface area contributed by atoms with E-state index in [2.05, 4.69) is 51.1 Å². The van der Waals surface area contributed by atoms with Crippen LogP contribution < -0.4 is 5.32 Å². The molecule has 1 amide bonds. The van der Waals surface area contributed by atoms with Gasteiger partial charge in [-0.05, 0) is 124 Å². The summed E-state index contributed by atoms with van der Waals surface area (Å²) >= 11 is 0. The maximum Gasteiger partial charge on any atom is 0.224 e. The lowest BCUT2D eigenvalue weighted by molar-refractivity contribution is -0.133. The van der Waals surface area contributed by atoms with Crippen molar-refractivity contribution in [3.63, 3.8) is 0 Å². The molecule has 3 aliphatic carbocycles. The largest absolute Gasteiger partial charge is 0.353 e. The van der Waals surface area contributed by atoms with Gasteiger partial charge < -0.3 is 5.32 Å². The molecule has 6 heteroatoms. The van der Waals surface area contributed by atoms with Crippen LogP contribution in [0.3, 0.4) is 0 Å². The van der Waals surface area contributed by atoms with E-state index < -0.39 is 5.92 Å². The number of benzene rings is 2. The number of allylic oxidation sites excluding steroid dienone is 5. The van der Waals surface area contributed by atoms with E-state index in [0.717, 1.165) is 87.3 Å². The average molecular weight is 932 g/mol. The Labute approximate surface area is 414 Å². The van der Waals surface area contributed by atoms with Gasteiger partial charge in [0, 0.05) is 42.6 Å². The van der Waals surface area contributed by atoms with Gasteiger partial charge in [0.1, 0.15) is 17.3 Å². The van der Waals surface area contributed by atoms with E-state index in [1.165, 1.54) is 13.3 Å². The molecule has 0 bridgehead atoms. The number of nitrogens with one attached hydrogen (secondary N) is 1. The van der Waals surface area contributed by atoms with Gasteiger partial charge in [0.2, 0.25) is 5.91 Å². The van der Waals surface area contributed by atoms with Crippen molar-refractivity contribution in [3.8, 4) is 0 Å². The van der Waals surface area contributed by atoms with Crippen LogP contribution in [0.5, 0.6) is 0 Å². The second kappa shape index (κ2) is 32.4. The smallest absolute Gasteiger partial charge is 0.224 e. The molecule has 2 aromatic rings. The summed E-state index contributed by atoms with van der Waals surface area (Å²) in [5, 5.41) is 3.33. The summed E-state index contributed by atoms with van der Waals surface area (Å²) in [6.07, 6.45) is 21.3. The molecule has 0 spiro atoms. The standard InChI is InChI=1S/C56H75NO5.3C2H6/c1-7-19-46(54(61)40(4)27-29-48(59)37-50(42(6)58)44-23-14-10-15-24-44)34-41(5)49-30-28-47(57-53(60)35-43-21-12-9-13-22-43)36-51(49)55(62)52(45-25-16-11-17-26-45)38-56(32-33-56)31-18-20-39(3)8-2;3*1-2/h8-10,12-15,18,21-24,31,39,45-47,49-52H,2,4-5,7,11,16-17,19-20,25-30,32-38H2,1,3,6H3,(H,57,60);3*1-2H3/b31-18-;;;/t39?,46?,47-,49+,50-,51?,52+;;;/m1.../s1. The van der Waals surface area contributed by atoms with Crippen molar-refractivity contribution in [1.82, 2.24) is 5.32 Å². The van der Waals surface area contributed by atoms with Gasteiger partial charge >= 0.3 is 0 Å². The highest BCUT2D eigenvalue weighted by atomic mass is 16.2. The Hall–Kier alpha value is -4.45. The van der Waals surface area contributed by atoms with Gasteiger partial charge in [-0.25, -0.2) is 0 Å². The van der Waals surface area contributed by atoms with E-state index >= 15 is 4.79 Å². The summed E-state index contributed by atoms with van der Waals surface area (Å²) in [5.41, 5.74) is 3.24. The van der Waals surface area contributed by atoms with Crippen LogP contribution in [0.25, 0.3) is 0 Å². The molecule has 0 aliphatic heterocycles. The minimum absolute atomic E-state index is 0.0215. The van der Waals surface area contributed by atoms with E-state index in [-0.39, 0.29) is 77.6 Å². The first-order chi connectivity index (χ1) is 32.8. The molecule has 0 heterocycles. The quantitative estimate of drug-likeness (QED) is 0.0749. The fourth-order valence-electron chi connectivity index (χ4n) is 10.5. The van der Waals surface area contributed by atoms with Crippen LogP contribution in [0.2, 0.25) is 0 Å². The highest BCUT2D eigenvalue weighted by Gasteiger charge is 2.48. The van der Waals surface area contributed by atoms with E-state index in [0.29, 0.717) is 48.9 Å². The van der Waals surface area contributed by atoms with E-state index in [1.54, 1.807) is 0 Å². The van der Waals surface area contributed by atoms with Gasteiger partial charge in [0.15, 0.2) is 5.78 Å². The zero-order valence-electron chi connectivity index (χ0n) is 44.2. The fraction of sp³-hybridized carbons (Fsp3) is 0.597. The first-order valence-electron chi connectivity index (χ1n) is 27.0. The number of hydrogen-bond donors (Lipinski definition) is 1. The molecule has 6 nitrogen and oxygen atoms in total. The molecule has 3 fully saturated rings. The van der Waals surface area contributed by atoms with Gasteiger partial charge in [-0.15, -0.1) is 6.58 Å². The molecule has 3 aliphatic rings. The van der Waals surface area contributed by atoms with Crippen LogP contribution in [-0.2, 0) is 30.4 Å². The third kappa shape index (κ3) is 19.5. The van der Waals surface area contributed by atoms with E-state index in [4.69, 9.17) is 0 Å². The summed E-state index contributed by atoms with van der Waals surface area (Å²) in [6.45, 7) is 30.6. The van der Waals surface area contributed by atoms with Crippen molar-refractivity contribution in [2.24, 2.45) is 40.9 Å². The molecule has 2 aromatic carbocycles. The Morgan fingerprint density at radius 1 is 0.794 bits per heavy atom. The molecule has 0 saturated heterocycles. The van der Waals surface area contributed by atoms with Crippen LogP contribution in [-0.4, -0.2) is 35.1 Å². The third-order valence-electron chi connectivity index (χ3n) is 14.5. The van der Waals surface area contributed by atoms with Gasteiger partial charge in [-0.2, -0.15) is 0 Å². The number of ketones is 4. The molecule has 68 heavy (non-hydrogen) atoms. The van der Waals surface area contributed by atoms with Gasteiger partial charge in [0.05, 0.1) is 6.42 Å². The highest BCUT2D eigenvalue weighted by molar-refractivity contribution is 5.98. The fourth-order valence-corrected chi connectivity index (χ4v) is 10.5. The highest BCUT2D eigenvalue weighted by Crippen LogP contribution is 2.55. The Kier molecular flexibility index (Phi) is 28.4. The van der Waals surface area contributed by atoms with Crippen molar-refractivity contribution in [3.05, 3.63) is 121 Å². The maximum atomic E-state index is 15.5. The lowest BCUT2D eigenvalue weighted by Crippen LogP contribution is -2.46. The van der Waals surface area contributed by atoms with Crippen LogP contribution in [0.1, 0.15) is 195 Å². The van der Waals surface area contributed by atoms with Crippen molar-refractivity contribution in [2.45, 2.75) is 196 Å². The second-order valence-electron chi connectivity index (χ2n) is 19.4. The average Bonchev–Trinajstić information content (AvgIpc) is 4.15. The predicted molar refractivity (Wildman–Crippen MR) is 286 cm³/mol. The third-order valence-corrected chi connectivity index (χ3v) is 14.5. The first kappa shape index (κ1) is 59.7. The van der Waals surface area contributed by atoms with Gasteiger partial charge in [-0.3, -0.25) is 24.0 Å². The molecule has 376 valence electrons. The zero-order chi connectivity index (χ0) is 50.6. The molecule has 0 aromatic heterocycles. The Morgan fingerprint density at radius 2 is 1.41 bits per heavy atom. The SMILES string of the molecule is C=CC(C)C/C=C\C1(C[C@H](C(=O)C2C[C@H](NC(=O)Cc3ccccc3)CC[C@H]2C(=C)CC(CCC)C(=O)C(=C)CCC(=O)C[C@H](C(C)=O)c2ccccc2)C2CCCCC2)CC1.CC.CC.CC. The first-order valence-corrected chi connectivity index (χ1v) is 27.0. The van der Waals surface area contributed by atoms with Crippen LogP contribution >= 0.6 is 0 Å².